The van der Waals surface area contributed by atoms with Crippen LogP contribution in [0.4, 0.5) is 0 Å². The Morgan fingerprint density at radius 3 is 2.88 bits per heavy atom. The van der Waals surface area contributed by atoms with Crippen molar-refractivity contribution in [3.8, 4) is 0 Å². The number of aryl methyl sites for hydroxylation is 1. The molecule has 0 radical (unpaired) electrons. The van der Waals surface area contributed by atoms with Gasteiger partial charge in [0.2, 0.25) is 0 Å². The van der Waals surface area contributed by atoms with E-state index in [1.165, 1.54) is 0 Å². The monoisotopic (exact) mass is 217 g/mol. The molecule has 0 atom stereocenters. The number of nitrogens with one attached hydrogen (secondary N) is 1. The summed E-state index contributed by atoms with van der Waals surface area (Å²) in [6.45, 7) is 3.88. The maximum Gasteiger partial charge on any atom is 0.251 e. The summed E-state index contributed by atoms with van der Waals surface area (Å²) in [6.07, 6.45) is 1.93. The molecule has 1 aromatic heterocycles. The maximum atomic E-state index is 11.8. The molecule has 1 N–H and O–H groups in total. The predicted octanol–water partition coefficient (Wildman–Crippen LogP) is 1.71. The summed E-state index contributed by atoms with van der Waals surface area (Å²) in [5.74, 6) is -0.0532. The standard InChI is InChI=1S/C12H15N3O/c1-8(2)13-12(16)9-4-5-10-7-15(3)14-11(10)6-9/h4-8H,1-3H3,(H,13,16). The zero-order valence-electron chi connectivity index (χ0n) is 9.69. The lowest BCUT2D eigenvalue weighted by Gasteiger charge is -2.07. The van der Waals surface area contributed by atoms with Crippen molar-refractivity contribution in [3.63, 3.8) is 0 Å². The van der Waals surface area contributed by atoms with Crippen molar-refractivity contribution in [2.45, 2.75) is 19.9 Å². The Hall–Kier alpha value is -1.84. The van der Waals surface area contributed by atoms with E-state index >= 15 is 0 Å². The number of fused-ring (bicyclic) bond motifs is 1. The number of hydrogen-bond donors (Lipinski definition) is 1. The van der Waals surface area contributed by atoms with Crippen LogP contribution in [0.25, 0.3) is 10.9 Å². The molecule has 0 aliphatic heterocycles. The molecule has 0 aliphatic rings. The fourth-order valence-electron chi connectivity index (χ4n) is 1.63. The van der Waals surface area contributed by atoms with Crippen LogP contribution in [-0.2, 0) is 7.05 Å². The molecule has 1 amide bonds. The average molecular weight is 217 g/mol. The second-order valence-electron chi connectivity index (χ2n) is 4.20. The van der Waals surface area contributed by atoms with Gasteiger partial charge in [-0.15, -0.1) is 0 Å². The number of hydrogen-bond acceptors (Lipinski definition) is 2. The van der Waals surface area contributed by atoms with Crippen molar-refractivity contribution in [1.82, 2.24) is 15.1 Å². The van der Waals surface area contributed by atoms with Crippen LogP contribution in [0.15, 0.2) is 24.4 Å². The second kappa shape index (κ2) is 3.96. The molecular formula is C12H15N3O. The SMILES string of the molecule is CC(C)NC(=O)c1ccc2cn(C)nc2c1. The van der Waals surface area contributed by atoms with E-state index in [0.29, 0.717) is 5.56 Å². The summed E-state index contributed by atoms with van der Waals surface area (Å²) in [4.78, 5) is 11.8. The molecule has 84 valence electrons. The minimum absolute atomic E-state index is 0.0532. The molecule has 16 heavy (non-hydrogen) atoms. The lowest BCUT2D eigenvalue weighted by atomic mass is 10.1. The van der Waals surface area contributed by atoms with Crippen LogP contribution in [0.3, 0.4) is 0 Å². The lowest BCUT2D eigenvalue weighted by molar-refractivity contribution is 0.0943. The minimum Gasteiger partial charge on any atom is -0.350 e. The number of benzene rings is 1. The Kier molecular flexibility index (Phi) is 2.64. The van der Waals surface area contributed by atoms with Crippen molar-refractivity contribution in [3.05, 3.63) is 30.0 Å². The van der Waals surface area contributed by atoms with E-state index in [4.69, 9.17) is 0 Å². The quantitative estimate of drug-likeness (QED) is 0.832. The van der Waals surface area contributed by atoms with Gasteiger partial charge >= 0.3 is 0 Å². The van der Waals surface area contributed by atoms with Crippen LogP contribution in [0.1, 0.15) is 24.2 Å². The van der Waals surface area contributed by atoms with Gasteiger partial charge in [-0.1, -0.05) is 6.07 Å². The van der Waals surface area contributed by atoms with Crippen LogP contribution in [0, 0.1) is 0 Å². The summed E-state index contributed by atoms with van der Waals surface area (Å²) in [7, 11) is 1.87. The van der Waals surface area contributed by atoms with Crippen LogP contribution in [-0.4, -0.2) is 21.7 Å². The van der Waals surface area contributed by atoms with Crippen LogP contribution in [0.5, 0.6) is 0 Å². The van der Waals surface area contributed by atoms with Gasteiger partial charge in [0.1, 0.15) is 0 Å². The first-order valence-corrected chi connectivity index (χ1v) is 5.30. The van der Waals surface area contributed by atoms with E-state index in [0.717, 1.165) is 10.9 Å². The van der Waals surface area contributed by atoms with Crippen molar-refractivity contribution < 1.29 is 4.79 Å². The van der Waals surface area contributed by atoms with E-state index in [1.54, 1.807) is 4.68 Å². The molecule has 0 unspecified atom stereocenters. The highest BCUT2D eigenvalue weighted by molar-refractivity contribution is 5.97. The van der Waals surface area contributed by atoms with Crippen LogP contribution in [0.2, 0.25) is 0 Å². The van der Waals surface area contributed by atoms with Crippen molar-refractivity contribution in [2.24, 2.45) is 7.05 Å². The van der Waals surface area contributed by atoms with E-state index in [1.807, 2.05) is 45.3 Å². The highest BCUT2D eigenvalue weighted by atomic mass is 16.1. The molecule has 1 aromatic carbocycles. The van der Waals surface area contributed by atoms with E-state index in [-0.39, 0.29) is 11.9 Å². The molecule has 0 saturated heterocycles. The van der Waals surface area contributed by atoms with E-state index < -0.39 is 0 Å². The van der Waals surface area contributed by atoms with Crippen molar-refractivity contribution in [2.75, 3.05) is 0 Å². The third-order valence-electron chi connectivity index (χ3n) is 2.30. The molecule has 1 heterocycles. The first-order chi connectivity index (χ1) is 7.56. The van der Waals surface area contributed by atoms with Crippen molar-refractivity contribution in [1.29, 1.82) is 0 Å². The first-order valence-electron chi connectivity index (χ1n) is 5.30. The van der Waals surface area contributed by atoms with E-state index in [9.17, 15) is 4.79 Å². The topological polar surface area (TPSA) is 46.9 Å². The van der Waals surface area contributed by atoms with Gasteiger partial charge in [-0.05, 0) is 26.0 Å². The second-order valence-corrected chi connectivity index (χ2v) is 4.20. The molecule has 0 fully saturated rings. The minimum atomic E-state index is -0.0532. The third-order valence-corrected chi connectivity index (χ3v) is 2.30. The maximum absolute atomic E-state index is 11.8. The number of carbonyl (C=O) groups excluding carboxylic acids is 1. The summed E-state index contributed by atoms with van der Waals surface area (Å²) in [5.41, 5.74) is 1.50. The van der Waals surface area contributed by atoms with Gasteiger partial charge in [0.25, 0.3) is 5.91 Å². The smallest absolute Gasteiger partial charge is 0.251 e. The molecule has 0 aliphatic carbocycles. The Morgan fingerprint density at radius 1 is 1.44 bits per heavy atom. The number of nitrogens with zero attached hydrogens (tertiary/aromatic N) is 2. The fraction of sp³-hybridized carbons (Fsp3) is 0.333. The number of aromatic nitrogens is 2. The molecule has 0 spiro atoms. The summed E-state index contributed by atoms with van der Waals surface area (Å²) < 4.78 is 1.74. The van der Waals surface area contributed by atoms with Gasteiger partial charge in [0.15, 0.2) is 0 Å². The normalized spacial score (nSPS) is 11.0. The molecule has 0 bridgehead atoms. The average Bonchev–Trinajstić information content (AvgIpc) is 2.55. The Balaban J connectivity index is 2.35. The molecule has 4 heteroatoms. The van der Waals surface area contributed by atoms with Gasteiger partial charge in [-0.3, -0.25) is 9.48 Å². The summed E-state index contributed by atoms with van der Waals surface area (Å²) >= 11 is 0. The summed E-state index contributed by atoms with van der Waals surface area (Å²) in [5, 5.41) is 8.17. The van der Waals surface area contributed by atoms with Crippen LogP contribution < -0.4 is 5.32 Å². The summed E-state index contributed by atoms with van der Waals surface area (Å²) in [6, 6.07) is 5.69. The van der Waals surface area contributed by atoms with Gasteiger partial charge in [0, 0.05) is 30.2 Å². The fourth-order valence-corrected chi connectivity index (χ4v) is 1.63. The largest absolute Gasteiger partial charge is 0.350 e. The van der Waals surface area contributed by atoms with Crippen LogP contribution >= 0.6 is 0 Å². The molecule has 0 saturated carbocycles. The highest BCUT2D eigenvalue weighted by Gasteiger charge is 2.08. The third kappa shape index (κ3) is 2.05. The number of rotatable bonds is 2. The number of carbonyl (C=O) groups is 1. The predicted molar refractivity (Wildman–Crippen MR) is 63.3 cm³/mol. The number of amides is 1. The molecule has 2 aromatic rings. The zero-order chi connectivity index (χ0) is 11.7. The van der Waals surface area contributed by atoms with Crippen molar-refractivity contribution >= 4 is 16.8 Å². The first kappa shape index (κ1) is 10.7. The van der Waals surface area contributed by atoms with Gasteiger partial charge in [-0.2, -0.15) is 5.10 Å². The lowest BCUT2D eigenvalue weighted by Crippen LogP contribution is -2.29. The molecular weight excluding hydrogens is 202 g/mol. The van der Waals surface area contributed by atoms with Gasteiger partial charge < -0.3 is 5.32 Å². The zero-order valence-corrected chi connectivity index (χ0v) is 9.69. The molecule has 4 nitrogen and oxygen atoms in total. The van der Waals surface area contributed by atoms with E-state index in [2.05, 4.69) is 10.4 Å². The van der Waals surface area contributed by atoms with Gasteiger partial charge in [-0.25, -0.2) is 0 Å². The highest BCUT2D eigenvalue weighted by Crippen LogP contribution is 2.13. The van der Waals surface area contributed by atoms with Gasteiger partial charge in [0.05, 0.1) is 5.52 Å². The Labute approximate surface area is 94.3 Å². The Bertz CT molecular complexity index is 528. The molecule has 2 rings (SSSR count). The Morgan fingerprint density at radius 2 is 2.19 bits per heavy atom.